The number of hydrogen-bond acceptors (Lipinski definition) is 4. The summed E-state index contributed by atoms with van der Waals surface area (Å²) in [6.07, 6.45) is 0. The van der Waals surface area contributed by atoms with Crippen LogP contribution in [0.15, 0.2) is 59.1 Å². The Morgan fingerprint density at radius 3 is 2.55 bits per heavy atom. The zero-order valence-corrected chi connectivity index (χ0v) is 19.6. The minimum Gasteiger partial charge on any atom is -0.490 e. The molecule has 3 rings (SSSR count). The Labute approximate surface area is 195 Å². The lowest BCUT2D eigenvalue weighted by atomic mass is 10.1. The van der Waals surface area contributed by atoms with E-state index >= 15 is 0 Å². The molecule has 0 saturated carbocycles. The normalized spacial score (nSPS) is 10.6. The van der Waals surface area contributed by atoms with Gasteiger partial charge in [-0.25, -0.2) is 4.79 Å². The van der Waals surface area contributed by atoms with Crippen LogP contribution in [0, 0.1) is 6.92 Å². The maximum absolute atomic E-state index is 11.1. The maximum Gasteiger partial charge on any atom is 0.335 e. The van der Waals surface area contributed by atoms with E-state index in [1.807, 2.05) is 50.2 Å². The van der Waals surface area contributed by atoms with Crippen molar-refractivity contribution in [3.63, 3.8) is 0 Å². The largest absolute Gasteiger partial charge is 0.490 e. The van der Waals surface area contributed by atoms with Gasteiger partial charge in [-0.15, -0.1) is 0 Å². The molecule has 0 unspecified atom stereocenters. The van der Waals surface area contributed by atoms with Gasteiger partial charge in [0.15, 0.2) is 11.5 Å². The van der Waals surface area contributed by atoms with E-state index in [-0.39, 0.29) is 5.56 Å². The molecule has 0 bridgehead atoms. The average Bonchev–Trinajstić information content (AvgIpc) is 2.73. The fraction of sp³-hybridized carbons (Fsp3) is 0.208. The van der Waals surface area contributed by atoms with Crippen molar-refractivity contribution in [2.45, 2.75) is 27.0 Å². The van der Waals surface area contributed by atoms with E-state index in [2.05, 4.69) is 21.2 Å². The molecule has 3 aromatic carbocycles. The van der Waals surface area contributed by atoms with Gasteiger partial charge in [0.2, 0.25) is 0 Å². The first-order chi connectivity index (χ1) is 14.9. The van der Waals surface area contributed by atoms with E-state index in [0.717, 1.165) is 26.9 Å². The summed E-state index contributed by atoms with van der Waals surface area (Å²) in [6.45, 7) is 5.22. The smallest absolute Gasteiger partial charge is 0.335 e. The van der Waals surface area contributed by atoms with Gasteiger partial charge in [-0.3, -0.25) is 0 Å². The SMILES string of the molecule is CCOc1cc(CNc2ccc(C(=O)O)cc2C)c(Br)cc1OCc1cccc(Cl)c1. The van der Waals surface area contributed by atoms with Crippen LogP contribution in [-0.2, 0) is 13.2 Å². The van der Waals surface area contributed by atoms with Gasteiger partial charge in [0.05, 0.1) is 12.2 Å². The van der Waals surface area contributed by atoms with Crippen LogP contribution < -0.4 is 14.8 Å². The van der Waals surface area contributed by atoms with Crippen molar-refractivity contribution in [2.24, 2.45) is 0 Å². The summed E-state index contributed by atoms with van der Waals surface area (Å²) in [7, 11) is 0. The number of carboxylic acid groups (broad SMARTS) is 1. The van der Waals surface area contributed by atoms with Crippen molar-refractivity contribution in [2.75, 3.05) is 11.9 Å². The molecule has 162 valence electrons. The third-order valence-corrected chi connectivity index (χ3v) is 5.61. The highest BCUT2D eigenvalue weighted by Gasteiger charge is 2.12. The molecule has 0 aliphatic rings. The highest BCUT2D eigenvalue weighted by molar-refractivity contribution is 9.10. The summed E-state index contributed by atoms with van der Waals surface area (Å²) < 4.78 is 12.7. The minimum absolute atomic E-state index is 0.268. The Balaban J connectivity index is 1.75. The molecule has 0 atom stereocenters. The van der Waals surface area contributed by atoms with Crippen LogP contribution in [0.2, 0.25) is 5.02 Å². The van der Waals surface area contributed by atoms with Crippen molar-refractivity contribution in [3.05, 3.63) is 86.3 Å². The summed E-state index contributed by atoms with van der Waals surface area (Å²) in [4.78, 5) is 11.1. The van der Waals surface area contributed by atoms with Gasteiger partial charge in [0, 0.05) is 21.7 Å². The van der Waals surface area contributed by atoms with Crippen molar-refractivity contribution < 1.29 is 19.4 Å². The first-order valence-electron chi connectivity index (χ1n) is 9.77. The number of anilines is 1. The maximum atomic E-state index is 11.1. The van der Waals surface area contributed by atoms with Crippen LogP contribution in [-0.4, -0.2) is 17.7 Å². The molecule has 3 aromatic rings. The summed E-state index contributed by atoms with van der Waals surface area (Å²) in [5, 5.41) is 13.1. The monoisotopic (exact) mass is 503 g/mol. The second-order valence-corrected chi connectivity index (χ2v) is 8.22. The molecule has 0 saturated heterocycles. The quantitative estimate of drug-likeness (QED) is 0.339. The number of rotatable bonds is 9. The number of nitrogens with one attached hydrogen (secondary N) is 1. The molecule has 2 N–H and O–H groups in total. The zero-order valence-electron chi connectivity index (χ0n) is 17.2. The number of aryl methyl sites for hydroxylation is 1. The fourth-order valence-electron chi connectivity index (χ4n) is 3.07. The highest BCUT2D eigenvalue weighted by atomic mass is 79.9. The number of carboxylic acids is 1. The summed E-state index contributed by atoms with van der Waals surface area (Å²) in [6, 6.07) is 16.4. The first-order valence-corrected chi connectivity index (χ1v) is 10.9. The Hall–Kier alpha value is -2.70. The molecule has 0 heterocycles. The standard InChI is InChI=1S/C24H23BrClNO4/c1-3-30-22-11-18(13-27-21-8-7-17(24(28)29)9-15(21)2)20(25)12-23(22)31-14-16-5-4-6-19(26)10-16/h4-12,27H,3,13-14H2,1-2H3,(H,28,29). The van der Waals surface area contributed by atoms with Crippen LogP contribution in [0.25, 0.3) is 0 Å². The predicted octanol–water partition coefficient (Wildman–Crippen LogP) is 6.70. The van der Waals surface area contributed by atoms with Crippen molar-refractivity contribution in [1.82, 2.24) is 0 Å². The van der Waals surface area contributed by atoms with Crippen molar-refractivity contribution in [1.29, 1.82) is 0 Å². The lowest BCUT2D eigenvalue weighted by Crippen LogP contribution is -2.05. The number of halogens is 2. The Morgan fingerprint density at radius 1 is 1.10 bits per heavy atom. The molecule has 0 fully saturated rings. The van der Waals surface area contributed by atoms with Crippen LogP contribution in [0.3, 0.4) is 0 Å². The molecule has 0 spiro atoms. The second-order valence-electron chi connectivity index (χ2n) is 6.93. The van der Waals surface area contributed by atoms with Crippen molar-refractivity contribution >= 4 is 39.2 Å². The number of hydrogen-bond donors (Lipinski definition) is 2. The zero-order chi connectivity index (χ0) is 22.4. The predicted molar refractivity (Wildman–Crippen MR) is 127 cm³/mol. The lowest BCUT2D eigenvalue weighted by Gasteiger charge is -2.16. The van der Waals surface area contributed by atoms with E-state index in [4.69, 9.17) is 26.2 Å². The fourth-order valence-corrected chi connectivity index (χ4v) is 3.74. The number of ether oxygens (including phenoxy) is 2. The lowest BCUT2D eigenvalue weighted by molar-refractivity contribution is 0.0697. The van der Waals surface area contributed by atoms with Crippen LogP contribution >= 0.6 is 27.5 Å². The summed E-state index contributed by atoms with van der Waals surface area (Å²) in [5.41, 5.74) is 3.96. The topological polar surface area (TPSA) is 67.8 Å². The highest BCUT2D eigenvalue weighted by Crippen LogP contribution is 2.35. The molecule has 0 aromatic heterocycles. The van der Waals surface area contributed by atoms with Gasteiger partial charge >= 0.3 is 5.97 Å². The molecule has 0 amide bonds. The van der Waals surface area contributed by atoms with Gasteiger partial charge < -0.3 is 19.9 Å². The van der Waals surface area contributed by atoms with E-state index in [1.54, 1.807) is 18.2 Å². The van der Waals surface area contributed by atoms with E-state index in [1.165, 1.54) is 0 Å². The van der Waals surface area contributed by atoms with Crippen LogP contribution in [0.1, 0.15) is 34.0 Å². The Morgan fingerprint density at radius 2 is 1.87 bits per heavy atom. The summed E-state index contributed by atoms with van der Waals surface area (Å²) >= 11 is 9.67. The molecule has 0 aliphatic heterocycles. The molecule has 0 aliphatic carbocycles. The summed E-state index contributed by atoms with van der Waals surface area (Å²) in [5.74, 6) is 0.356. The number of benzene rings is 3. The molecular weight excluding hydrogens is 482 g/mol. The molecule has 5 nitrogen and oxygen atoms in total. The number of aromatic carboxylic acids is 1. The third-order valence-electron chi connectivity index (χ3n) is 4.64. The average molecular weight is 505 g/mol. The molecule has 7 heteroatoms. The Bertz CT molecular complexity index is 1090. The van der Waals surface area contributed by atoms with Gasteiger partial charge in [0.1, 0.15) is 6.61 Å². The third kappa shape index (κ3) is 6.15. The van der Waals surface area contributed by atoms with Crippen molar-refractivity contribution in [3.8, 4) is 11.5 Å². The van der Waals surface area contributed by atoms with Crippen LogP contribution in [0.5, 0.6) is 11.5 Å². The minimum atomic E-state index is -0.938. The molecule has 31 heavy (non-hydrogen) atoms. The van der Waals surface area contributed by atoms with Gasteiger partial charge in [-0.2, -0.15) is 0 Å². The van der Waals surface area contributed by atoms with Gasteiger partial charge in [-0.1, -0.05) is 39.7 Å². The number of carbonyl (C=O) groups is 1. The molecular formula is C24H23BrClNO4. The second kappa shape index (κ2) is 10.6. The van der Waals surface area contributed by atoms with E-state index in [0.29, 0.717) is 36.3 Å². The van der Waals surface area contributed by atoms with Crippen LogP contribution in [0.4, 0.5) is 5.69 Å². The van der Waals surface area contributed by atoms with Gasteiger partial charge in [0.25, 0.3) is 0 Å². The first kappa shape index (κ1) is 23.0. The van der Waals surface area contributed by atoms with E-state index in [9.17, 15) is 4.79 Å². The Kier molecular flexibility index (Phi) is 7.82. The molecule has 0 radical (unpaired) electrons. The van der Waals surface area contributed by atoms with Gasteiger partial charge in [-0.05, 0) is 73.0 Å². The van der Waals surface area contributed by atoms with E-state index < -0.39 is 5.97 Å².